The number of nitrogens with zero attached hydrogens (tertiary/aromatic N) is 4. The van der Waals surface area contributed by atoms with Crippen LogP contribution in [0.25, 0.3) is 5.57 Å². The number of piperazine rings is 1. The first-order valence-electron chi connectivity index (χ1n) is 11.4. The molecule has 0 saturated carbocycles. The highest BCUT2D eigenvalue weighted by atomic mass is 15.3. The Morgan fingerprint density at radius 3 is 2.50 bits per heavy atom. The highest BCUT2D eigenvalue weighted by Crippen LogP contribution is 2.32. The molecule has 0 bridgehead atoms. The molecule has 28 heavy (non-hydrogen) atoms. The van der Waals surface area contributed by atoms with Crippen molar-refractivity contribution in [2.24, 2.45) is 0 Å². The van der Waals surface area contributed by atoms with E-state index in [1.807, 2.05) is 0 Å². The van der Waals surface area contributed by atoms with E-state index < -0.39 is 0 Å². The molecule has 1 aromatic heterocycles. The number of nitrogen functional groups attached to an aromatic ring is 1. The summed E-state index contributed by atoms with van der Waals surface area (Å²) in [6.45, 7) is 13.0. The maximum absolute atomic E-state index is 6.20. The Hall–Kier alpha value is -1.46. The van der Waals surface area contributed by atoms with E-state index in [4.69, 9.17) is 10.7 Å². The van der Waals surface area contributed by atoms with Crippen LogP contribution in [0.4, 0.5) is 5.82 Å². The first-order chi connectivity index (χ1) is 13.6. The molecule has 5 nitrogen and oxygen atoms in total. The van der Waals surface area contributed by atoms with Gasteiger partial charge >= 0.3 is 0 Å². The Balaban J connectivity index is 1.39. The van der Waals surface area contributed by atoms with Crippen LogP contribution in [0, 0.1) is 0 Å². The lowest BCUT2D eigenvalue weighted by Crippen LogP contribution is -2.48. The Morgan fingerprint density at radius 1 is 1.00 bits per heavy atom. The van der Waals surface area contributed by atoms with Crippen LogP contribution in [0.2, 0.25) is 0 Å². The van der Waals surface area contributed by atoms with Crippen LogP contribution in [0.5, 0.6) is 0 Å². The van der Waals surface area contributed by atoms with E-state index in [0.717, 1.165) is 49.2 Å². The zero-order valence-corrected chi connectivity index (χ0v) is 18.2. The molecule has 5 heteroatoms. The van der Waals surface area contributed by atoms with E-state index in [2.05, 4.69) is 41.6 Å². The quantitative estimate of drug-likeness (QED) is 0.619. The third kappa shape index (κ3) is 5.54. The molecule has 1 aromatic rings. The second-order valence-electron chi connectivity index (χ2n) is 8.67. The summed E-state index contributed by atoms with van der Waals surface area (Å²) in [6, 6.07) is 0.685. The van der Waals surface area contributed by atoms with Crippen LogP contribution < -0.4 is 5.73 Å². The van der Waals surface area contributed by atoms with Gasteiger partial charge in [0.15, 0.2) is 0 Å². The second kappa shape index (κ2) is 10.4. The molecular weight excluding hydrogens is 346 g/mol. The molecule has 1 fully saturated rings. The van der Waals surface area contributed by atoms with Crippen molar-refractivity contribution in [3.05, 3.63) is 23.2 Å². The van der Waals surface area contributed by atoms with Gasteiger partial charge in [-0.3, -0.25) is 4.90 Å². The van der Waals surface area contributed by atoms with Gasteiger partial charge in [-0.2, -0.15) is 0 Å². The van der Waals surface area contributed by atoms with Crippen LogP contribution in [0.15, 0.2) is 6.08 Å². The smallest absolute Gasteiger partial charge is 0.131 e. The van der Waals surface area contributed by atoms with Gasteiger partial charge in [0.2, 0.25) is 0 Å². The molecule has 1 saturated heterocycles. The summed E-state index contributed by atoms with van der Waals surface area (Å²) in [4.78, 5) is 14.6. The minimum Gasteiger partial charge on any atom is -0.383 e. The normalized spacial score (nSPS) is 17.9. The number of anilines is 1. The van der Waals surface area contributed by atoms with Gasteiger partial charge in [-0.15, -0.1) is 0 Å². The molecule has 2 aliphatic rings. The predicted octanol–water partition coefficient (Wildman–Crippen LogP) is 3.93. The van der Waals surface area contributed by atoms with Gasteiger partial charge in [-0.25, -0.2) is 9.97 Å². The summed E-state index contributed by atoms with van der Waals surface area (Å²) < 4.78 is 0. The van der Waals surface area contributed by atoms with Gasteiger partial charge in [0, 0.05) is 44.2 Å². The largest absolute Gasteiger partial charge is 0.383 e. The van der Waals surface area contributed by atoms with Crippen molar-refractivity contribution < 1.29 is 0 Å². The molecule has 2 heterocycles. The third-order valence-electron chi connectivity index (χ3n) is 6.25. The molecule has 0 aromatic carbocycles. The van der Waals surface area contributed by atoms with Crippen LogP contribution in [0.3, 0.4) is 0 Å². The van der Waals surface area contributed by atoms with Crippen molar-refractivity contribution in [3.8, 4) is 0 Å². The number of unbranched alkanes of at least 4 members (excludes halogenated alkanes) is 3. The Bertz CT molecular complexity index is 659. The van der Waals surface area contributed by atoms with E-state index in [-0.39, 0.29) is 0 Å². The first kappa shape index (κ1) is 21.3. The number of fused-ring (bicyclic) bond motifs is 1. The van der Waals surface area contributed by atoms with E-state index in [0.29, 0.717) is 11.9 Å². The Kier molecular flexibility index (Phi) is 7.86. The van der Waals surface area contributed by atoms with E-state index in [1.54, 1.807) is 0 Å². The number of aryl methyl sites for hydroxylation is 1. The summed E-state index contributed by atoms with van der Waals surface area (Å²) in [7, 11) is 0. The summed E-state index contributed by atoms with van der Waals surface area (Å²) in [5.41, 5.74) is 9.89. The second-order valence-corrected chi connectivity index (χ2v) is 8.67. The maximum Gasteiger partial charge on any atom is 0.131 e. The van der Waals surface area contributed by atoms with Crippen molar-refractivity contribution >= 4 is 11.4 Å². The topological polar surface area (TPSA) is 58.3 Å². The van der Waals surface area contributed by atoms with Crippen LogP contribution in [-0.4, -0.2) is 58.5 Å². The van der Waals surface area contributed by atoms with Crippen molar-refractivity contribution in [2.75, 3.05) is 38.5 Å². The average molecular weight is 386 g/mol. The molecule has 1 aliphatic carbocycles. The first-order valence-corrected chi connectivity index (χ1v) is 11.4. The number of rotatable bonds is 10. The van der Waals surface area contributed by atoms with Gasteiger partial charge in [-0.05, 0) is 58.1 Å². The molecule has 1 aliphatic heterocycles. The molecule has 0 amide bonds. The monoisotopic (exact) mass is 385 g/mol. The molecule has 156 valence electrons. The zero-order chi connectivity index (χ0) is 19.9. The van der Waals surface area contributed by atoms with E-state index >= 15 is 0 Å². The standard InChI is InChI=1S/C23H39N5/c1-4-5-10-21-25-22-19(11-12-20(22)23(24)26-21)9-7-6-8-13-27-14-16-28(17-15-27)18(2)3/h11,18H,4-10,12-17H2,1-3H3,(H2,24,25,26). The van der Waals surface area contributed by atoms with Crippen LogP contribution in [0.1, 0.15) is 76.4 Å². The lowest BCUT2D eigenvalue weighted by molar-refractivity contribution is 0.107. The predicted molar refractivity (Wildman–Crippen MR) is 118 cm³/mol. The van der Waals surface area contributed by atoms with Crippen molar-refractivity contribution in [1.29, 1.82) is 0 Å². The number of hydrogen-bond acceptors (Lipinski definition) is 5. The molecule has 0 unspecified atom stereocenters. The fourth-order valence-corrected chi connectivity index (χ4v) is 4.34. The molecule has 0 radical (unpaired) electrons. The molecule has 2 N–H and O–H groups in total. The van der Waals surface area contributed by atoms with Crippen molar-refractivity contribution in [3.63, 3.8) is 0 Å². The fraction of sp³-hybridized carbons (Fsp3) is 0.739. The lowest BCUT2D eigenvalue weighted by atomic mass is 10.0. The van der Waals surface area contributed by atoms with Crippen molar-refractivity contribution in [1.82, 2.24) is 19.8 Å². The number of aromatic nitrogens is 2. The molecule has 3 rings (SSSR count). The summed E-state index contributed by atoms with van der Waals surface area (Å²) in [5, 5.41) is 0. The van der Waals surface area contributed by atoms with E-state index in [9.17, 15) is 0 Å². The summed E-state index contributed by atoms with van der Waals surface area (Å²) >= 11 is 0. The average Bonchev–Trinajstić information content (AvgIpc) is 3.10. The number of nitrogens with two attached hydrogens (primary N) is 1. The molecule has 0 spiro atoms. The van der Waals surface area contributed by atoms with Gasteiger partial charge in [0.05, 0.1) is 5.69 Å². The minimum atomic E-state index is 0.685. The molecular formula is C23H39N5. The minimum absolute atomic E-state index is 0.685. The lowest BCUT2D eigenvalue weighted by Gasteiger charge is -2.36. The van der Waals surface area contributed by atoms with Gasteiger partial charge in [0.25, 0.3) is 0 Å². The van der Waals surface area contributed by atoms with Gasteiger partial charge < -0.3 is 10.6 Å². The maximum atomic E-state index is 6.20. The molecule has 0 atom stereocenters. The highest BCUT2D eigenvalue weighted by Gasteiger charge is 2.21. The Morgan fingerprint density at radius 2 is 1.79 bits per heavy atom. The van der Waals surface area contributed by atoms with Gasteiger partial charge in [0.1, 0.15) is 11.6 Å². The zero-order valence-electron chi connectivity index (χ0n) is 18.2. The highest BCUT2D eigenvalue weighted by molar-refractivity contribution is 5.73. The van der Waals surface area contributed by atoms with E-state index in [1.165, 1.54) is 57.6 Å². The van der Waals surface area contributed by atoms with Crippen LogP contribution >= 0.6 is 0 Å². The fourth-order valence-electron chi connectivity index (χ4n) is 4.34. The summed E-state index contributed by atoms with van der Waals surface area (Å²) in [6.07, 6.45) is 11.4. The number of hydrogen-bond donors (Lipinski definition) is 1. The third-order valence-corrected chi connectivity index (χ3v) is 6.25. The van der Waals surface area contributed by atoms with Crippen LogP contribution in [-0.2, 0) is 12.8 Å². The summed E-state index contributed by atoms with van der Waals surface area (Å²) in [5.74, 6) is 1.62. The van der Waals surface area contributed by atoms with Gasteiger partial charge in [-0.1, -0.05) is 25.8 Å². The van der Waals surface area contributed by atoms with Crippen molar-refractivity contribution in [2.45, 2.75) is 78.2 Å². The Labute approximate surface area is 171 Å². The number of allylic oxidation sites excluding steroid dienone is 2. The SMILES string of the molecule is CCCCc1nc(N)c2c(n1)C(CCCCCN1CCN(C(C)C)CC1)=CC2.